The fourth-order valence-electron chi connectivity index (χ4n) is 1.97. The largest absolute Gasteiger partial charge is 0.480 e. The quantitative estimate of drug-likeness (QED) is 0.692. The van der Waals surface area contributed by atoms with E-state index in [0.717, 1.165) is 5.82 Å². The fraction of sp³-hybridized carbons (Fsp3) is 0.615. The van der Waals surface area contributed by atoms with Crippen molar-refractivity contribution < 1.29 is 14.7 Å². The lowest BCUT2D eigenvalue weighted by Gasteiger charge is -2.28. The van der Waals surface area contributed by atoms with Crippen molar-refractivity contribution in [3.05, 3.63) is 18.2 Å². The topological polar surface area (TPSA) is 96.3 Å². The molecule has 0 aliphatic carbocycles. The molecule has 7 nitrogen and oxygen atoms in total. The Hall–Kier alpha value is -2.05. The number of carboxylic acid groups (broad SMARTS) is 1. The van der Waals surface area contributed by atoms with Crippen LogP contribution < -0.4 is 10.6 Å². The van der Waals surface area contributed by atoms with Gasteiger partial charge in [0.1, 0.15) is 11.4 Å². The van der Waals surface area contributed by atoms with Crippen LogP contribution in [0.25, 0.3) is 0 Å². The number of amides is 2. The summed E-state index contributed by atoms with van der Waals surface area (Å²) in [6.45, 7) is 3.89. The van der Waals surface area contributed by atoms with Crippen LogP contribution in [-0.4, -0.2) is 38.7 Å². The molecule has 1 heterocycles. The van der Waals surface area contributed by atoms with Crippen LogP contribution in [0.2, 0.25) is 0 Å². The maximum atomic E-state index is 11.8. The van der Waals surface area contributed by atoms with Crippen LogP contribution in [0.4, 0.5) is 4.79 Å². The molecule has 0 atom stereocenters. The lowest BCUT2D eigenvalue weighted by Crippen LogP contribution is -2.56. The van der Waals surface area contributed by atoms with E-state index >= 15 is 0 Å². The van der Waals surface area contributed by atoms with Crippen LogP contribution in [0, 0.1) is 0 Å². The van der Waals surface area contributed by atoms with Gasteiger partial charge in [-0.3, -0.25) is 0 Å². The normalized spacial score (nSPS) is 11.2. The third-order valence-electron chi connectivity index (χ3n) is 3.52. The number of imidazole rings is 1. The molecule has 0 radical (unpaired) electrons. The summed E-state index contributed by atoms with van der Waals surface area (Å²) < 4.78 is 1.87. The van der Waals surface area contributed by atoms with Gasteiger partial charge in [-0.25, -0.2) is 14.6 Å². The highest BCUT2D eigenvalue weighted by atomic mass is 16.4. The standard InChI is InChI=1S/C13H22N4O3/c1-4-13(5-2,11(18)19)16-12(20)15-7-6-10-14-8-9-17(10)3/h8-9H,4-7H2,1-3H3,(H,18,19)(H2,15,16,20). The van der Waals surface area contributed by atoms with Crippen LogP contribution >= 0.6 is 0 Å². The van der Waals surface area contributed by atoms with Crippen LogP contribution in [-0.2, 0) is 18.3 Å². The Bertz CT molecular complexity index is 466. The summed E-state index contributed by atoms with van der Waals surface area (Å²) >= 11 is 0. The number of aryl methyl sites for hydroxylation is 1. The molecule has 0 unspecified atom stereocenters. The van der Waals surface area contributed by atoms with Crippen molar-refractivity contribution in [1.82, 2.24) is 20.2 Å². The first-order chi connectivity index (χ1) is 9.45. The molecule has 0 spiro atoms. The number of nitrogens with zero attached hydrogens (tertiary/aromatic N) is 2. The Morgan fingerprint density at radius 3 is 2.50 bits per heavy atom. The first-order valence-electron chi connectivity index (χ1n) is 6.70. The van der Waals surface area contributed by atoms with Gasteiger partial charge in [0.2, 0.25) is 0 Å². The molecule has 0 bridgehead atoms. The molecule has 2 amide bonds. The highest BCUT2D eigenvalue weighted by Crippen LogP contribution is 2.15. The number of hydrogen-bond acceptors (Lipinski definition) is 3. The SMILES string of the molecule is CCC(CC)(NC(=O)NCCc1nccn1C)C(=O)O. The average Bonchev–Trinajstić information content (AvgIpc) is 2.81. The van der Waals surface area contributed by atoms with E-state index in [2.05, 4.69) is 15.6 Å². The smallest absolute Gasteiger partial charge is 0.329 e. The third-order valence-corrected chi connectivity index (χ3v) is 3.52. The van der Waals surface area contributed by atoms with Crippen molar-refractivity contribution in [1.29, 1.82) is 0 Å². The zero-order valence-corrected chi connectivity index (χ0v) is 12.1. The van der Waals surface area contributed by atoms with E-state index in [4.69, 9.17) is 0 Å². The van der Waals surface area contributed by atoms with Gasteiger partial charge < -0.3 is 20.3 Å². The first-order valence-corrected chi connectivity index (χ1v) is 6.70. The Morgan fingerprint density at radius 2 is 2.05 bits per heavy atom. The second-order valence-electron chi connectivity index (χ2n) is 4.68. The predicted molar refractivity (Wildman–Crippen MR) is 74.4 cm³/mol. The zero-order valence-electron chi connectivity index (χ0n) is 12.1. The molecule has 0 aliphatic heterocycles. The van der Waals surface area contributed by atoms with Gasteiger partial charge in [0.05, 0.1) is 0 Å². The summed E-state index contributed by atoms with van der Waals surface area (Å²) in [4.78, 5) is 27.2. The van der Waals surface area contributed by atoms with Crippen molar-refractivity contribution in [3.63, 3.8) is 0 Å². The Labute approximate surface area is 118 Å². The zero-order chi connectivity index (χ0) is 15.2. The van der Waals surface area contributed by atoms with Crippen LogP contribution in [0.15, 0.2) is 12.4 Å². The molecule has 0 saturated heterocycles. The summed E-state index contributed by atoms with van der Waals surface area (Å²) in [6.07, 6.45) is 4.80. The van der Waals surface area contributed by atoms with Gasteiger partial charge in [-0.1, -0.05) is 13.8 Å². The maximum absolute atomic E-state index is 11.8. The van der Waals surface area contributed by atoms with Gasteiger partial charge in [-0.2, -0.15) is 0 Å². The highest BCUT2D eigenvalue weighted by molar-refractivity contribution is 5.86. The number of rotatable bonds is 7. The minimum Gasteiger partial charge on any atom is -0.480 e. The average molecular weight is 282 g/mol. The van der Waals surface area contributed by atoms with E-state index < -0.39 is 17.5 Å². The number of carbonyl (C=O) groups excluding carboxylic acids is 1. The van der Waals surface area contributed by atoms with E-state index in [1.54, 1.807) is 20.0 Å². The van der Waals surface area contributed by atoms with Gasteiger partial charge in [0.15, 0.2) is 0 Å². The Morgan fingerprint density at radius 1 is 1.40 bits per heavy atom. The molecule has 0 saturated carbocycles. The van der Waals surface area contributed by atoms with Crippen LogP contribution in [0.3, 0.4) is 0 Å². The lowest BCUT2D eigenvalue weighted by molar-refractivity contribution is -0.144. The van der Waals surface area contributed by atoms with Gasteiger partial charge in [-0.15, -0.1) is 0 Å². The van der Waals surface area contributed by atoms with Crippen molar-refractivity contribution in [2.75, 3.05) is 6.54 Å². The minimum atomic E-state index is -1.20. The molecular formula is C13H22N4O3. The monoisotopic (exact) mass is 282 g/mol. The lowest BCUT2D eigenvalue weighted by atomic mass is 9.93. The second kappa shape index (κ2) is 6.93. The number of carbonyl (C=O) groups is 2. The molecule has 0 aromatic carbocycles. The van der Waals surface area contributed by atoms with Crippen LogP contribution in [0.5, 0.6) is 0 Å². The molecule has 0 aliphatic rings. The number of hydrogen-bond donors (Lipinski definition) is 3. The molecule has 1 rings (SSSR count). The van der Waals surface area contributed by atoms with Gasteiger partial charge in [0.25, 0.3) is 0 Å². The summed E-state index contributed by atoms with van der Waals surface area (Å²) in [6, 6.07) is -0.467. The highest BCUT2D eigenvalue weighted by Gasteiger charge is 2.36. The van der Waals surface area contributed by atoms with Gasteiger partial charge in [0, 0.05) is 32.4 Å². The summed E-state index contributed by atoms with van der Waals surface area (Å²) in [5, 5.41) is 14.4. The molecule has 112 valence electrons. The van der Waals surface area contributed by atoms with E-state index in [0.29, 0.717) is 25.8 Å². The molecule has 7 heteroatoms. The maximum Gasteiger partial charge on any atom is 0.329 e. The summed E-state index contributed by atoms with van der Waals surface area (Å²) in [5.74, 6) is -0.150. The number of nitrogens with one attached hydrogen (secondary N) is 2. The molecule has 3 N–H and O–H groups in total. The molecule has 20 heavy (non-hydrogen) atoms. The van der Waals surface area contributed by atoms with E-state index in [1.165, 1.54) is 0 Å². The van der Waals surface area contributed by atoms with Crippen LogP contribution in [0.1, 0.15) is 32.5 Å². The van der Waals surface area contributed by atoms with Crippen molar-refractivity contribution in [3.8, 4) is 0 Å². The molecule has 0 fully saturated rings. The number of aromatic nitrogens is 2. The van der Waals surface area contributed by atoms with Gasteiger partial charge >= 0.3 is 12.0 Å². The second-order valence-corrected chi connectivity index (χ2v) is 4.68. The fourth-order valence-corrected chi connectivity index (χ4v) is 1.97. The van der Waals surface area contributed by atoms with Crippen molar-refractivity contribution in [2.45, 2.75) is 38.6 Å². The number of aliphatic carboxylic acids is 1. The van der Waals surface area contributed by atoms with E-state index in [9.17, 15) is 14.7 Å². The Balaban J connectivity index is 2.47. The van der Waals surface area contributed by atoms with E-state index in [-0.39, 0.29) is 0 Å². The predicted octanol–water partition coefficient (Wildman–Crippen LogP) is 0.905. The number of urea groups is 1. The molecular weight excluding hydrogens is 260 g/mol. The summed E-state index contributed by atoms with van der Waals surface area (Å²) in [7, 11) is 1.88. The van der Waals surface area contributed by atoms with Crippen molar-refractivity contribution >= 4 is 12.0 Å². The Kier molecular flexibility index (Phi) is 5.54. The number of carboxylic acids is 1. The molecule has 1 aromatic rings. The summed E-state index contributed by atoms with van der Waals surface area (Å²) in [5.41, 5.74) is -1.20. The third kappa shape index (κ3) is 3.72. The van der Waals surface area contributed by atoms with Crippen molar-refractivity contribution in [2.24, 2.45) is 7.05 Å². The van der Waals surface area contributed by atoms with E-state index in [1.807, 2.05) is 17.8 Å². The first kappa shape index (κ1) is 16.0. The minimum absolute atomic E-state index is 0.339. The van der Waals surface area contributed by atoms with Gasteiger partial charge in [-0.05, 0) is 12.8 Å². The molecule has 1 aromatic heterocycles.